The molecule has 0 fully saturated rings. The average molecular weight is 774 g/mol. The Labute approximate surface area is 328 Å². The summed E-state index contributed by atoms with van der Waals surface area (Å²) in [5, 5.41) is 25.7. The molecule has 2 bridgehead atoms. The summed E-state index contributed by atoms with van der Waals surface area (Å²) in [5.74, 6) is -4.60. The van der Waals surface area contributed by atoms with Gasteiger partial charge in [-0.15, -0.1) is 11.8 Å². The maximum absolute atomic E-state index is 14.4. The van der Waals surface area contributed by atoms with E-state index in [-0.39, 0.29) is 30.9 Å². The van der Waals surface area contributed by atoms with E-state index in [9.17, 15) is 33.9 Å². The largest absolute Gasteiger partial charge is 0.480 e. The third-order valence-electron chi connectivity index (χ3n) is 9.58. The predicted octanol–water partition coefficient (Wildman–Crippen LogP) is 4.16. The molecule has 12 nitrogen and oxygen atoms in total. The monoisotopic (exact) mass is 773 g/mol. The van der Waals surface area contributed by atoms with Crippen LogP contribution in [0.2, 0.25) is 0 Å². The Morgan fingerprint density at radius 2 is 1.20 bits per heavy atom. The highest BCUT2D eigenvalue weighted by Gasteiger charge is 2.33. The van der Waals surface area contributed by atoms with Crippen LogP contribution < -0.4 is 26.6 Å². The van der Waals surface area contributed by atoms with Crippen molar-refractivity contribution in [3.05, 3.63) is 137 Å². The molecule has 0 radical (unpaired) electrons. The van der Waals surface area contributed by atoms with E-state index in [0.29, 0.717) is 23.2 Å². The minimum absolute atomic E-state index is 0.0251. The topological polar surface area (TPSA) is 183 Å². The molecule has 4 aromatic rings. The first-order valence-corrected chi connectivity index (χ1v) is 19.3. The molecule has 0 saturated carbocycles. The lowest BCUT2D eigenvalue weighted by Crippen LogP contribution is -2.59. The number of thioether (sulfide) groups is 1. The summed E-state index contributed by atoms with van der Waals surface area (Å²) < 4.78 is 0. The van der Waals surface area contributed by atoms with Crippen LogP contribution in [-0.2, 0) is 48.0 Å². The third-order valence-corrected chi connectivity index (χ3v) is 10.7. The van der Waals surface area contributed by atoms with Crippen LogP contribution in [0.5, 0.6) is 0 Å². The van der Waals surface area contributed by atoms with Gasteiger partial charge in [-0.05, 0) is 58.2 Å². The van der Waals surface area contributed by atoms with E-state index in [2.05, 4.69) is 26.6 Å². The number of hydrogen-bond acceptors (Lipinski definition) is 7. The number of rotatable bonds is 8. The average Bonchev–Trinajstić information content (AvgIpc) is 3.71. The van der Waals surface area contributed by atoms with E-state index in [4.69, 9.17) is 0 Å². The molecule has 6 N–H and O–H groups in total. The lowest BCUT2D eigenvalue weighted by Gasteiger charge is -2.27. The number of carboxylic acids is 1. The molecule has 5 atom stereocenters. The third kappa shape index (κ3) is 11.2. The van der Waals surface area contributed by atoms with Gasteiger partial charge in [0.25, 0.3) is 0 Å². The quantitative estimate of drug-likeness (QED) is 0.114. The molecule has 3 heterocycles. The Morgan fingerprint density at radius 1 is 0.625 bits per heavy atom. The van der Waals surface area contributed by atoms with E-state index in [0.717, 1.165) is 16.7 Å². The molecule has 0 spiro atoms. The van der Waals surface area contributed by atoms with Gasteiger partial charge in [-0.3, -0.25) is 24.0 Å². The number of aliphatic carboxylic acids is 1. The standard InChI is InChI=1S/C43H43N5O7S/c49-38-26-39(50)45-36(25-33-12-7-21-56-33)42(53)47-35(23-28-13-17-31(18-14-28)30-10-5-2-6-11-30)40(51)46-34(22-27-8-3-1-4-9-27)41(52)48-37(43(54)55)24-29-15-19-32(44-38)20-16-29/h1-11,13-21,33-37H,12,22-26H2,(H,44,49)(H,45,50)(H,46,51)(H,47,53)(H,48,52)(H,54,55)/t33?,34-,35+,36-,37+/m1/s1. The zero-order chi connectivity index (χ0) is 39.4. The lowest BCUT2D eigenvalue weighted by atomic mass is 9.98. The summed E-state index contributed by atoms with van der Waals surface area (Å²) in [4.78, 5) is 81.0. The molecule has 3 aliphatic rings. The van der Waals surface area contributed by atoms with Crippen LogP contribution in [-0.4, -0.2) is 70.0 Å². The number of carbonyl (C=O) groups excluding carboxylic acids is 5. The van der Waals surface area contributed by atoms with Gasteiger partial charge in [0.15, 0.2) is 0 Å². The summed E-state index contributed by atoms with van der Waals surface area (Å²) in [6.45, 7) is 0. The second-order valence-electron chi connectivity index (χ2n) is 13.8. The maximum Gasteiger partial charge on any atom is 0.326 e. The van der Waals surface area contributed by atoms with E-state index >= 15 is 0 Å². The Kier molecular flexibility index (Phi) is 13.3. The number of allylic oxidation sites excluding steroid dienone is 1. The molecule has 7 rings (SSSR count). The Hall–Kier alpha value is -6.21. The summed E-state index contributed by atoms with van der Waals surface area (Å²) >= 11 is 1.53. The van der Waals surface area contributed by atoms with Crippen LogP contribution in [0.3, 0.4) is 0 Å². The van der Waals surface area contributed by atoms with Crippen LogP contribution in [0, 0.1) is 0 Å². The zero-order valence-electron chi connectivity index (χ0n) is 30.5. The molecule has 0 aromatic heterocycles. The fourth-order valence-electron chi connectivity index (χ4n) is 6.62. The van der Waals surface area contributed by atoms with Gasteiger partial charge in [-0.25, -0.2) is 4.79 Å². The highest BCUT2D eigenvalue weighted by Crippen LogP contribution is 2.28. The van der Waals surface area contributed by atoms with E-state index in [1.165, 1.54) is 11.8 Å². The van der Waals surface area contributed by atoms with Crippen molar-refractivity contribution in [3.8, 4) is 11.1 Å². The SMILES string of the molecule is O=C1CC(=O)N[C@H](CC2CC=CS2)C(=O)N[C@@H](Cc2ccc(-c3ccccc3)cc2)C(=O)N[C@H](Cc2ccccc2)C(=O)N[C@H](C(=O)O)Cc2ccc(cc2)N1. The van der Waals surface area contributed by atoms with E-state index in [1.54, 1.807) is 48.5 Å². The fourth-order valence-corrected chi connectivity index (χ4v) is 7.59. The maximum atomic E-state index is 14.4. The highest BCUT2D eigenvalue weighted by molar-refractivity contribution is 8.03. The fraction of sp³-hybridized carbons (Fsp3) is 0.256. The zero-order valence-corrected chi connectivity index (χ0v) is 31.3. The summed E-state index contributed by atoms with van der Waals surface area (Å²) in [7, 11) is 0. The number of hydrogen-bond donors (Lipinski definition) is 6. The number of fused-ring (bicyclic) bond motifs is 17. The van der Waals surface area contributed by atoms with Crippen LogP contribution in [0.4, 0.5) is 5.69 Å². The normalized spacial score (nSPS) is 22.3. The van der Waals surface area contributed by atoms with Gasteiger partial charge >= 0.3 is 5.97 Å². The molecule has 5 amide bonds. The van der Waals surface area contributed by atoms with Crippen LogP contribution in [0.1, 0.15) is 36.0 Å². The first-order chi connectivity index (χ1) is 27.1. The van der Waals surface area contributed by atoms with Crippen molar-refractivity contribution in [1.82, 2.24) is 21.3 Å². The van der Waals surface area contributed by atoms with Crippen LogP contribution in [0.25, 0.3) is 11.1 Å². The highest BCUT2D eigenvalue weighted by atomic mass is 32.2. The van der Waals surface area contributed by atoms with Crippen molar-refractivity contribution < 1.29 is 33.9 Å². The molecule has 1 unspecified atom stereocenters. The summed E-state index contributed by atoms with van der Waals surface area (Å²) in [5.41, 5.74) is 4.34. The smallest absolute Gasteiger partial charge is 0.326 e. The van der Waals surface area contributed by atoms with E-state index in [1.807, 2.05) is 72.1 Å². The van der Waals surface area contributed by atoms with Crippen molar-refractivity contribution in [2.75, 3.05) is 5.32 Å². The number of anilines is 1. The molecule has 0 aliphatic carbocycles. The van der Waals surface area contributed by atoms with Gasteiger partial charge in [-0.1, -0.05) is 103 Å². The summed E-state index contributed by atoms with van der Waals surface area (Å²) in [6.07, 6.45) is 2.30. The number of amides is 5. The molecule has 56 heavy (non-hydrogen) atoms. The van der Waals surface area contributed by atoms with Crippen LogP contribution >= 0.6 is 11.8 Å². The number of carbonyl (C=O) groups is 6. The molecular formula is C43H43N5O7S. The Bertz CT molecular complexity index is 2050. The summed E-state index contributed by atoms with van der Waals surface area (Å²) in [6, 6.07) is 27.8. The van der Waals surface area contributed by atoms with Gasteiger partial charge in [0, 0.05) is 30.2 Å². The number of carboxylic acid groups (broad SMARTS) is 1. The second kappa shape index (κ2) is 18.9. The van der Waals surface area contributed by atoms with Gasteiger partial charge in [0.05, 0.1) is 0 Å². The molecular weight excluding hydrogens is 731 g/mol. The van der Waals surface area contributed by atoms with Crippen LogP contribution in [0.15, 0.2) is 121 Å². The molecule has 3 aliphatic heterocycles. The van der Waals surface area contributed by atoms with E-state index < -0.39 is 66.1 Å². The Balaban J connectivity index is 1.34. The molecule has 4 aromatic carbocycles. The number of nitrogens with one attached hydrogen (secondary N) is 5. The first kappa shape index (κ1) is 39.5. The lowest BCUT2D eigenvalue weighted by molar-refractivity contribution is -0.142. The van der Waals surface area contributed by atoms with Gasteiger partial charge in [0.1, 0.15) is 30.6 Å². The van der Waals surface area contributed by atoms with Crippen molar-refractivity contribution in [1.29, 1.82) is 0 Å². The predicted molar refractivity (Wildman–Crippen MR) is 214 cm³/mol. The van der Waals surface area contributed by atoms with Crippen molar-refractivity contribution in [2.24, 2.45) is 0 Å². The van der Waals surface area contributed by atoms with Crippen molar-refractivity contribution in [2.45, 2.75) is 67.9 Å². The van der Waals surface area contributed by atoms with Gasteiger partial charge < -0.3 is 31.7 Å². The van der Waals surface area contributed by atoms with Gasteiger partial charge in [-0.2, -0.15) is 0 Å². The first-order valence-electron chi connectivity index (χ1n) is 18.4. The minimum Gasteiger partial charge on any atom is -0.480 e. The minimum atomic E-state index is -1.35. The molecule has 0 saturated heterocycles. The van der Waals surface area contributed by atoms with Crippen molar-refractivity contribution >= 4 is 53.0 Å². The van der Waals surface area contributed by atoms with Crippen molar-refractivity contribution in [3.63, 3.8) is 0 Å². The Morgan fingerprint density at radius 3 is 1.80 bits per heavy atom. The second-order valence-corrected chi connectivity index (χ2v) is 15.0. The van der Waals surface area contributed by atoms with Gasteiger partial charge in [0.2, 0.25) is 29.5 Å². The molecule has 288 valence electrons. The molecule has 13 heteroatoms. The number of benzene rings is 4.